The van der Waals surface area contributed by atoms with Crippen LogP contribution >= 0.6 is 0 Å². The van der Waals surface area contributed by atoms with Gasteiger partial charge in [-0.25, -0.2) is 4.98 Å². The van der Waals surface area contributed by atoms with Crippen LogP contribution in [0.4, 0.5) is 0 Å². The van der Waals surface area contributed by atoms with Crippen LogP contribution in [-0.4, -0.2) is 22.1 Å². The fraction of sp³-hybridized carbons (Fsp3) is 0.714. The van der Waals surface area contributed by atoms with Gasteiger partial charge in [0.05, 0.1) is 11.9 Å². The van der Waals surface area contributed by atoms with Crippen LogP contribution in [0.3, 0.4) is 0 Å². The van der Waals surface area contributed by atoms with Crippen LogP contribution in [0, 0.1) is 0 Å². The van der Waals surface area contributed by atoms with Crippen LogP contribution in [0.15, 0.2) is 12.4 Å². The van der Waals surface area contributed by atoms with Crippen molar-refractivity contribution in [3.05, 3.63) is 18.1 Å². The monoisotopic (exact) mass is 247 g/mol. The number of hydrogen-bond acceptors (Lipinski definition) is 4. The van der Waals surface area contributed by atoms with Crippen molar-refractivity contribution >= 4 is 0 Å². The highest BCUT2D eigenvalue weighted by Crippen LogP contribution is 2.22. The maximum atomic E-state index is 5.92. The zero-order valence-corrected chi connectivity index (χ0v) is 10.8. The molecule has 2 saturated carbocycles. The molecule has 1 N–H and O–H groups in total. The Labute approximate surface area is 108 Å². The predicted octanol–water partition coefficient (Wildman–Crippen LogP) is 2.44. The van der Waals surface area contributed by atoms with Crippen LogP contribution < -0.4 is 10.1 Å². The van der Waals surface area contributed by atoms with Gasteiger partial charge in [0.15, 0.2) is 0 Å². The number of rotatable bonds is 5. The van der Waals surface area contributed by atoms with Crippen molar-refractivity contribution in [2.45, 2.75) is 63.6 Å². The summed E-state index contributed by atoms with van der Waals surface area (Å²) in [5.74, 6) is 0.692. The summed E-state index contributed by atoms with van der Waals surface area (Å²) >= 11 is 0. The van der Waals surface area contributed by atoms with Gasteiger partial charge in [-0.05, 0) is 38.5 Å². The van der Waals surface area contributed by atoms with Crippen molar-refractivity contribution in [1.82, 2.24) is 15.3 Å². The van der Waals surface area contributed by atoms with Crippen molar-refractivity contribution in [2.75, 3.05) is 0 Å². The second kappa shape index (κ2) is 5.65. The van der Waals surface area contributed by atoms with Crippen LogP contribution in [0.25, 0.3) is 0 Å². The van der Waals surface area contributed by atoms with E-state index in [4.69, 9.17) is 4.74 Å². The van der Waals surface area contributed by atoms with E-state index in [0.717, 1.165) is 25.1 Å². The molecule has 98 valence electrons. The molecule has 3 rings (SSSR count). The first-order chi connectivity index (χ1) is 8.90. The summed E-state index contributed by atoms with van der Waals surface area (Å²) in [6.07, 6.45) is 12.7. The number of hydrogen-bond donors (Lipinski definition) is 1. The first kappa shape index (κ1) is 11.9. The Bertz CT molecular complexity index is 386. The highest BCUT2D eigenvalue weighted by Gasteiger charge is 2.20. The first-order valence-corrected chi connectivity index (χ1v) is 7.11. The van der Waals surface area contributed by atoms with Crippen molar-refractivity contribution < 1.29 is 4.74 Å². The van der Waals surface area contributed by atoms with Crippen molar-refractivity contribution in [3.63, 3.8) is 0 Å². The molecule has 0 aliphatic heterocycles. The summed E-state index contributed by atoms with van der Waals surface area (Å²) in [6, 6.07) is 0.703. The Morgan fingerprint density at radius 3 is 2.72 bits per heavy atom. The van der Waals surface area contributed by atoms with E-state index in [1.807, 2.05) is 6.20 Å². The molecule has 18 heavy (non-hydrogen) atoms. The van der Waals surface area contributed by atoms with Crippen molar-refractivity contribution in [2.24, 2.45) is 0 Å². The van der Waals surface area contributed by atoms with E-state index in [0.29, 0.717) is 18.0 Å². The van der Waals surface area contributed by atoms with E-state index < -0.39 is 0 Å². The minimum atomic E-state index is 0.347. The van der Waals surface area contributed by atoms with Crippen LogP contribution in [-0.2, 0) is 6.54 Å². The molecular formula is C14H21N3O. The highest BCUT2D eigenvalue weighted by molar-refractivity contribution is 5.09. The van der Waals surface area contributed by atoms with Gasteiger partial charge >= 0.3 is 0 Å². The first-order valence-electron chi connectivity index (χ1n) is 7.11. The van der Waals surface area contributed by atoms with Crippen LogP contribution in [0.5, 0.6) is 5.88 Å². The van der Waals surface area contributed by atoms with E-state index in [2.05, 4.69) is 15.3 Å². The molecule has 1 aromatic rings. The summed E-state index contributed by atoms with van der Waals surface area (Å²) in [7, 11) is 0. The molecule has 0 saturated heterocycles. The smallest absolute Gasteiger partial charge is 0.232 e. The predicted molar refractivity (Wildman–Crippen MR) is 69.4 cm³/mol. The third-order valence-electron chi connectivity index (χ3n) is 3.65. The third kappa shape index (κ3) is 3.42. The van der Waals surface area contributed by atoms with Gasteiger partial charge in [-0.2, -0.15) is 0 Å². The topological polar surface area (TPSA) is 47.0 Å². The fourth-order valence-corrected chi connectivity index (χ4v) is 2.42. The third-order valence-corrected chi connectivity index (χ3v) is 3.65. The lowest BCUT2D eigenvalue weighted by Gasteiger charge is -2.22. The summed E-state index contributed by atoms with van der Waals surface area (Å²) in [4.78, 5) is 8.74. The molecular weight excluding hydrogens is 226 g/mol. The minimum Gasteiger partial charge on any atom is -0.473 e. The van der Waals surface area contributed by atoms with E-state index in [-0.39, 0.29) is 0 Å². The van der Waals surface area contributed by atoms with E-state index in [9.17, 15) is 0 Å². The van der Waals surface area contributed by atoms with Gasteiger partial charge in [0, 0.05) is 18.8 Å². The molecule has 1 aromatic heterocycles. The second-order valence-electron chi connectivity index (χ2n) is 5.38. The number of nitrogens with one attached hydrogen (secondary N) is 1. The Kier molecular flexibility index (Phi) is 3.74. The Morgan fingerprint density at radius 2 is 1.94 bits per heavy atom. The maximum absolute atomic E-state index is 5.92. The lowest BCUT2D eigenvalue weighted by Crippen LogP contribution is -2.21. The number of nitrogens with zero attached hydrogens (tertiary/aromatic N) is 2. The van der Waals surface area contributed by atoms with E-state index in [1.54, 1.807) is 6.20 Å². The highest BCUT2D eigenvalue weighted by atomic mass is 16.5. The molecule has 0 atom stereocenters. The molecule has 4 heteroatoms. The van der Waals surface area contributed by atoms with Gasteiger partial charge in [-0.15, -0.1) is 0 Å². The summed E-state index contributed by atoms with van der Waals surface area (Å²) in [5.41, 5.74) is 0.982. The molecule has 2 aliphatic carbocycles. The fourth-order valence-electron chi connectivity index (χ4n) is 2.42. The zero-order valence-electron chi connectivity index (χ0n) is 10.8. The normalized spacial score (nSPS) is 20.9. The van der Waals surface area contributed by atoms with Gasteiger partial charge in [-0.1, -0.05) is 6.42 Å². The van der Waals surface area contributed by atoms with E-state index in [1.165, 1.54) is 32.1 Å². The number of ether oxygens (including phenoxy) is 1. The molecule has 0 spiro atoms. The summed E-state index contributed by atoms with van der Waals surface area (Å²) in [6.45, 7) is 0.805. The van der Waals surface area contributed by atoms with E-state index >= 15 is 0 Å². The molecule has 4 nitrogen and oxygen atoms in total. The summed E-state index contributed by atoms with van der Waals surface area (Å²) in [5, 5.41) is 3.45. The molecule has 0 bridgehead atoms. The average molecular weight is 247 g/mol. The molecule has 1 heterocycles. The summed E-state index contributed by atoms with van der Waals surface area (Å²) < 4.78 is 5.92. The molecule has 2 fully saturated rings. The maximum Gasteiger partial charge on any atom is 0.232 e. The lowest BCUT2D eigenvalue weighted by molar-refractivity contribution is 0.147. The molecule has 0 amide bonds. The second-order valence-corrected chi connectivity index (χ2v) is 5.38. The molecule has 0 aromatic carbocycles. The zero-order chi connectivity index (χ0) is 12.2. The minimum absolute atomic E-state index is 0.347. The Morgan fingerprint density at radius 1 is 1.11 bits per heavy atom. The quantitative estimate of drug-likeness (QED) is 0.868. The average Bonchev–Trinajstić information content (AvgIpc) is 3.22. The molecule has 0 unspecified atom stereocenters. The van der Waals surface area contributed by atoms with Gasteiger partial charge in [0.1, 0.15) is 6.10 Å². The SMILES string of the molecule is c1ncc(OC2CCCCC2)nc1CNC1CC1. The number of aromatic nitrogens is 2. The Balaban J connectivity index is 1.55. The van der Waals surface area contributed by atoms with Gasteiger partial charge in [0.25, 0.3) is 0 Å². The lowest BCUT2D eigenvalue weighted by atomic mass is 9.98. The van der Waals surface area contributed by atoms with Gasteiger partial charge in [0.2, 0.25) is 5.88 Å². The standard InChI is InChI=1S/C14H21N3O/c1-2-4-13(5-3-1)18-14-10-15-8-12(17-14)9-16-11-6-7-11/h8,10-11,13,16H,1-7,9H2. The van der Waals surface area contributed by atoms with Crippen molar-refractivity contribution in [1.29, 1.82) is 0 Å². The van der Waals surface area contributed by atoms with Gasteiger partial charge in [-0.3, -0.25) is 4.98 Å². The van der Waals surface area contributed by atoms with Crippen molar-refractivity contribution in [3.8, 4) is 5.88 Å². The molecule has 2 aliphatic rings. The largest absolute Gasteiger partial charge is 0.473 e. The Hall–Kier alpha value is -1.16. The van der Waals surface area contributed by atoms with Crippen LogP contribution in [0.1, 0.15) is 50.6 Å². The van der Waals surface area contributed by atoms with Gasteiger partial charge < -0.3 is 10.1 Å². The molecule has 0 radical (unpaired) electrons. The van der Waals surface area contributed by atoms with Crippen LogP contribution in [0.2, 0.25) is 0 Å².